The van der Waals surface area contributed by atoms with E-state index in [1.807, 2.05) is 4.72 Å². The number of carboxylic acid groups (broad SMARTS) is 1. The highest BCUT2D eigenvalue weighted by Crippen LogP contribution is 2.39. The Bertz CT molecular complexity index is 704. The summed E-state index contributed by atoms with van der Waals surface area (Å²) in [6.07, 6.45) is 1.14. The Hall–Kier alpha value is -2.16. The van der Waals surface area contributed by atoms with Gasteiger partial charge in [0.25, 0.3) is 0 Å². The van der Waals surface area contributed by atoms with Crippen molar-refractivity contribution in [3.05, 3.63) is 24.0 Å². The quantitative estimate of drug-likeness (QED) is 0.745. The van der Waals surface area contributed by atoms with Gasteiger partial charge in [-0.3, -0.25) is 14.3 Å². The van der Waals surface area contributed by atoms with Crippen LogP contribution in [0.2, 0.25) is 0 Å². The number of carbonyl (C=O) groups is 2. The topological polar surface area (TPSA) is 113 Å². The van der Waals surface area contributed by atoms with Gasteiger partial charge in [0.05, 0.1) is 23.8 Å². The predicted molar refractivity (Wildman–Crippen MR) is 72.7 cm³/mol. The summed E-state index contributed by atoms with van der Waals surface area (Å²) in [5, 5.41) is 11.2. The van der Waals surface area contributed by atoms with Gasteiger partial charge in [0.15, 0.2) is 0 Å². The average molecular weight is 316 g/mol. The molecule has 0 saturated heterocycles. The van der Waals surface area contributed by atoms with Crippen molar-refractivity contribution >= 4 is 33.3 Å². The first kappa shape index (κ1) is 15.2. The summed E-state index contributed by atoms with van der Waals surface area (Å²) in [4.78, 5) is 22.4. The van der Waals surface area contributed by atoms with Gasteiger partial charge in [-0.15, -0.1) is 0 Å². The molecule has 1 aliphatic rings. The summed E-state index contributed by atoms with van der Waals surface area (Å²) in [5.41, 5.74) is -0.107. The molecule has 114 valence electrons. The Balaban J connectivity index is 2.09. The van der Waals surface area contributed by atoms with E-state index in [4.69, 9.17) is 5.11 Å². The maximum Gasteiger partial charge on any atom is 0.307 e. The molecule has 0 aromatic heterocycles. The van der Waals surface area contributed by atoms with Gasteiger partial charge < -0.3 is 10.4 Å². The zero-order chi connectivity index (χ0) is 15.8. The molecule has 2 unspecified atom stereocenters. The lowest BCUT2D eigenvalue weighted by atomic mass is 10.2. The van der Waals surface area contributed by atoms with Crippen molar-refractivity contribution in [1.29, 1.82) is 0 Å². The molecule has 0 bridgehead atoms. The third-order valence-electron chi connectivity index (χ3n) is 2.97. The molecule has 1 amide bonds. The minimum atomic E-state index is -3.65. The van der Waals surface area contributed by atoms with Crippen LogP contribution in [0.4, 0.5) is 15.8 Å². The number of anilines is 2. The molecule has 0 aliphatic heterocycles. The van der Waals surface area contributed by atoms with Gasteiger partial charge in [-0.1, -0.05) is 0 Å². The van der Waals surface area contributed by atoms with E-state index >= 15 is 0 Å². The third-order valence-corrected chi connectivity index (χ3v) is 3.56. The molecule has 1 fully saturated rings. The van der Waals surface area contributed by atoms with Gasteiger partial charge in [0, 0.05) is 5.69 Å². The summed E-state index contributed by atoms with van der Waals surface area (Å²) in [6, 6.07) is 3.40. The Labute approximate surface area is 120 Å². The van der Waals surface area contributed by atoms with Gasteiger partial charge in [-0.05, 0) is 24.6 Å². The number of amides is 1. The molecule has 0 heterocycles. The normalized spacial score (nSPS) is 20.7. The van der Waals surface area contributed by atoms with Crippen molar-refractivity contribution in [2.75, 3.05) is 16.3 Å². The van der Waals surface area contributed by atoms with E-state index in [-0.39, 0.29) is 17.8 Å². The second kappa shape index (κ2) is 5.32. The molecule has 2 atom stereocenters. The minimum absolute atomic E-state index is 0.184. The molecule has 9 heteroatoms. The first-order valence-electron chi connectivity index (χ1n) is 5.98. The summed E-state index contributed by atoms with van der Waals surface area (Å²) < 4.78 is 37.6. The second-order valence-corrected chi connectivity index (χ2v) is 6.59. The number of nitrogens with one attached hydrogen (secondary N) is 2. The molecule has 3 N–H and O–H groups in total. The highest BCUT2D eigenvalue weighted by atomic mass is 32.2. The Morgan fingerprint density at radius 3 is 2.52 bits per heavy atom. The van der Waals surface area contributed by atoms with Crippen LogP contribution in [0.25, 0.3) is 0 Å². The number of benzene rings is 1. The van der Waals surface area contributed by atoms with Crippen LogP contribution in [0.3, 0.4) is 0 Å². The van der Waals surface area contributed by atoms with Crippen LogP contribution >= 0.6 is 0 Å². The van der Waals surface area contributed by atoms with Crippen LogP contribution in [0.15, 0.2) is 18.2 Å². The zero-order valence-electron chi connectivity index (χ0n) is 11.0. The number of hydrogen-bond donors (Lipinski definition) is 3. The summed E-state index contributed by atoms with van der Waals surface area (Å²) in [6.45, 7) is 0. The number of carboxylic acids is 1. The first-order chi connectivity index (χ1) is 9.67. The largest absolute Gasteiger partial charge is 0.481 e. The van der Waals surface area contributed by atoms with Crippen LogP contribution in [-0.2, 0) is 19.6 Å². The molecular formula is C12H13FN2O5S. The molecule has 1 aromatic rings. The molecule has 0 spiro atoms. The predicted octanol–water partition coefficient (Wildman–Crippen LogP) is 0.856. The first-order valence-corrected chi connectivity index (χ1v) is 7.87. The van der Waals surface area contributed by atoms with Crippen LogP contribution in [0.1, 0.15) is 6.42 Å². The van der Waals surface area contributed by atoms with Gasteiger partial charge in [-0.25, -0.2) is 12.8 Å². The van der Waals surface area contributed by atoms with Crippen molar-refractivity contribution in [2.24, 2.45) is 11.8 Å². The molecule has 0 radical (unpaired) electrons. The van der Waals surface area contributed by atoms with Crippen LogP contribution in [0, 0.1) is 17.7 Å². The fourth-order valence-electron chi connectivity index (χ4n) is 1.87. The number of sulfonamides is 1. The van der Waals surface area contributed by atoms with E-state index in [1.54, 1.807) is 0 Å². The fourth-order valence-corrected chi connectivity index (χ4v) is 2.43. The van der Waals surface area contributed by atoms with Gasteiger partial charge in [0.2, 0.25) is 15.9 Å². The van der Waals surface area contributed by atoms with E-state index in [9.17, 15) is 22.4 Å². The number of hydrogen-bond acceptors (Lipinski definition) is 4. The molecule has 2 rings (SSSR count). The number of carbonyl (C=O) groups excluding carboxylic acids is 1. The van der Waals surface area contributed by atoms with Crippen molar-refractivity contribution in [2.45, 2.75) is 6.42 Å². The van der Waals surface area contributed by atoms with E-state index < -0.39 is 39.6 Å². The van der Waals surface area contributed by atoms with E-state index in [0.717, 1.165) is 18.4 Å². The minimum Gasteiger partial charge on any atom is -0.481 e. The summed E-state index contributed by atoms with van der Waals surface area (Å²) >= 11 is 0. The van der Waals surface area contributed by atoms with Crippen molar-refractivity contribution in [3.8, 4) is 0 Å². The second-order valence-electron chi connectivity index (χ2n) is 4.85. The highest BCUT2D eigenvalue weighted by molar-refractivity contribution is 7.92. The Morgan fingerprint density at radius 2 is 2.00 bits per heavy atom. The fraction of sp³-hybridized carbons (Fsp3) is 0.333. The van der Waals surface area contributed by atoms with Crippen LogP contribution in [0.5, 0.6) is 0 Å². The van der Waals surface area contributed by atoms with E-state index in [1.165, 1.54) is 6.07 Å². The molecule has 1 aliphatic carbocycles. The third kappa shape index (κ3) is 3.91. The zero-order valence-corrected chi connectivity index (χ0v) is 11.8. The lowest BCUT2D eigenvalue weighted by Crippen LogP contribution is -2.17. The maximum atomic E-state index is 13.5. The van der Waals surface area contributed by atoms with Crippen LogP contribution in [-0.4, -0.2) is 31.7 Å². The van der Waals surface area contributed by atoms with Gasteiger partial charge in [-0.2, -0.15) is 0 Å². The monoisotopic (exact) mass is 316 g/mol. The van der Waals surface area contributed by atoms with Crippen LogP contribution < -0.4 is 10.0 Å². The van der Waals surface area contributed by atoms with Crippen molar-refractivity contribution in [3.63, 3.8) is 0 Å². The van der Waals surface area contributed by atoms with E-state index in [0.29, 0.717) is 0 Å². The smallest absolute Gasteiger partial charge is 0.307 e. The highest BCUT2D eigenvalue weighted by Gasteiger charge is 2.48. The molecule has 1 aromatic carbocycles. The number of rotatable bonds is 5. The van der Waals surface area contributed by atoms with Gasteiger partial charge in [0.1, 0.15) is 5.82 Å². The summed E-state index contributed by atoms with van der Waals surface area (Å²) in [7, 11) is -3.65. The van der Waals surface area contributed by atoms with E-state index in [2.05, 4.69) is 5.32 Å². The SMILES string of the molecule is CS(=O)(=O)Nc1cc(NC(=O)C2CC2C(=O)O)ccc1F. The standard InChI is InChI=1S/C12H13FN2O5S/c1-21(19,20)15-10-4-6(2-3-9(10)13)14-11(16)7-5-8(7)12(17)18/h2-4,7-8,15H,5H2,1H3,(H,14,16)(H,17,18). The van der Waals surface area contributed by atoms with Crippen molar-refractivity contribution < 1.29 is 27.5 Å². The lowest BCUT2D eigenvalue weighted by molar-refractivity contribution is -0.139. The molecule has 21 heavy (non-hydrogen) atoms. The molecular weight excluding hydrogens is 303 g/mol. The maximum absolute atomic E-state index is 13.5. The lowest BCUT2D eigenvalue weighted by Gasteiger charge is -2.09. The number of halogens is 1. The number of aliphatic carboxylic acids is 1. The van der Waals surface area contributed by atoms with Gasteiger partial charge >= 0.3 is 5.97 Å². The van der Waals surface area contributed by atoms with Crippen molar-refractivity contribution in [1.82, 2.24) is 0 Å². The Kier molecular flexibility index (Phi) is 3.86. The molecule has 1 saturated carbocycles. The summed E-state index contributed by atoms with van der Waals surface area (Å²) in [5.74, 6) is -3.61. The average Bonchev–Trinajstić information content (AvgIpc) is 3.11. The Morgan fingerprint density at radius 1 is 1.33 bits per heavy atom. The molecule has 7 nitrogen and oxygen atoms in total.